The van der Waals surface area contributed by atoms with Gasteiger partial charge < -0.3 is 5.11 Å². The zero-order valence-corrected chi connectivity index (χ0v) is 7.93. The lowest BCUT2D eigenvalue weighted by molar-refractivity contribution is -0.0405. The quantitative estimate of drug-likeness (QED) is 0.777. The van der Waals surface area contributed by atoms with Gasteiger partial charge in [0.15, 0.2) is 6.10 Å². The molecule has 1 unspecified atom stereocenters. The second kappa shape index (κ2) is 3.46. The van der Waals surface area contributed by atoms with Gasteiger partial charge in [-0.1, -0.05) is 11.6 Å². The van der Waals surface area contributed by atoms with Gasteiger partial charge in [0.2, 0.25) is 0 Å². The third-order valence-electron chi connectivity index (χ3n) is 1.17. The van der Waals surface area contributed by atoms with Crippen LogP contribution in [0.15, 0.2) is 12.1 Å². The molecule has 0 aliphatic carbocycles. The second-order valence-electron chi connectivity index (χ2n) is 2.09. The predicted octanol–water partition coefficient (Wildman–Crippen LogP) is 3.27. The van der Waals surface area contributed by atoms with Crippen molar-refractivity contribution in [3.63, 3.8) is 0 Å². The van der Waals surface area contributed by atoms with E-state index in [-0.39, 0.29) is 4.88 Å². The second-order valence-corrected chi connectivity index (χ2v) is 4.34. The molecule has 1 heterocycles. The maximum Gasteiger partial charge on any atom is 0.352 e. The maximum atomic E-state index is 12.3. The third kappa shape index (κ3) is 2.29. The van der Waals surface area contributed by atoms with E-state index in [9.17, 15) is 8.78 Å². The summed E-state index contributed by atoms with van der Waals surface area (Å²) in [5.74, 6) is 0. The molecule has 0 bridgehead atoms. The van der Waals surface area contributed by atoms with E-state index in [1.807, 2.05) is 0 Å². The minimum absolute atomic E-state index is 0.0556. The highest BCUT2D eigenvalue weighted by Crippen LogP contribution is 2.38. The Morgan fingerprint density at radius 2 is 2.08 bits per heavy atom. The van der Waals surface area contributed by atoms with Crippen molar-refractivity contribution in [1.82, 2.24) is 0 Å². The average molecular weight is 233 g/mol. The van der Waals surface area contributed by atoms with Crippen LogP contribution in [0.3, 0.4) is 0 Å². The summed E-state index contributed by atoms with van der Waals surface area (Å²) in [6, 6.07) is 2.74. The van der Waals surface area contributed by atoms with Gasteiger partial charge >= 0.3 is 5.38 Å². The number of thiophene rings is 1. The van der Waals surface area contributed by atoms with E-state index in [1.54, 1.807) is 0 Å². The van der Waals surface area contributed by atoms with Crippen molar-refractivity contribution in [3.05, 3.63) is 21.3 Å². The van der Waals surface area contributed by atoms with E-state index in [1.165, 1.54) is 12.1 Å². The fourth-order valence-corrected chi connectivity index (χ4v) is 1.91. The largest absolute Gasteiger partial charge is 0.380 e. The number of hydrogen-bond donors (Lipinski definition) is 1. The smallest absolute Gasteiger partial charge is 0.352 e. The van der Waals surface area contributed by atoms with Gasteiger partial charge in [-0.2, -0.15) is 8.78 Å². The van der Waals surface area contributed by atoms with E-state index >= 15 is 0 Å². The summed E-state index contributed by atoms with van der Waals surface area (Å²) >= 11 is 11.0. The Bertz CT molecular complexity index is 271. The molecule has 12 heavy (non-hydrogen) atoms. The fourth-order valence-electron chi connectivity index (χ4n) is 0.637. The lowest BCUT2D eigenvalue weighted by atomic mass is 10.3. The van der Waals surface area contributed by atoms with Gasteiger partial charge in [-0.15, -0.1) is 11.3 Å². The molecule has 0 aliphatic rings. The minimum Gasteiger partial charge on any atom is -0.380 e. The van der Waals surface area contributed by atoms with Crippen LogP contribution in [0, 0.1) is 0 Å². The van der Waals surface area contributed by atoms with Crippen LogP contribution in [0.5, 0.6) is 0 Å². The molecule has 0 saturated carbocycles. The van der Waals surface area contributed by atoms with Gasteiger partial charge in [0, 0.05) is 4.88 Å². The highest BCUT2D eigenvalue weighted by Gasteiger charge is 2.37. The van der Waals surface area contributed by atoms with Crippen LogP contribution in [0.25, 0.3) is 0 Å². The molecular formula is C6H4Cl2F2OS. The number of aliphatic hydroxyl groups is 1. The van der Waals surface area contributed by atoms with Crippen molar-refractivity contribution in [2.75, 3.05) is 0 Å². The Morgan fingerprint density at radius 1 is 1.50 bits per heavy atom. The van der Waals surface area contributed by atoms with Crippen LogP contribution in [-0.2, 0) is 0 Å². The minimum atomic E-state index is -3.64. The highest BCUT2D eigenvalue weighted by molar-refractivity contribution is 7.16. The SMILES string of the molecule is OC(c1ccc(Cl)s1)C(F)(F)Cl. The Morgan fingerprint density at radius 3 is 2.42 bits per heavy atom. The molecule has 1 N–H and O–H groups in total. The molecule has 0 aromatic carbocycles. The highest BCUT2D eigenvalue weighted by atomic mass is 35.5. The summed E-state index contributed by atoms with van der Waals surface area (Å²) < 4.78 is 24.9. The number of halogens is 4. The van der Waals surface area contributed by atoms with E-state index in [4.69, 9.17) is 16.7 Å². The van der Waals surface area contributed by atoms with Crippen molar-refractivity contribution >= 4 is 34.5 Å². The monoisotopic (exact) mass is 232 g/mol. The molecule has 1 atom stereocenters. The van der Waals surface area contributed by atoms with E-state index in [0.29, 0.717) is 4.34 Å². The molecule has 1 rings (SSSR count). The molecule has 0 spiro atoms. The fraction of sp³-hybridized carbons (Fsp3) is 0.333. The van der Waals surface area contributed by atoms with Crippen LogP contribution in [0.1, 0.15) is 11.0 Å². The van der Waals surface area contributed by atoms with Crippen LogP contribution in [0.2, 0.25) is 4.34 Å². The van der Waals surface area contributed by atoms with E-state index in [0.717, 1.165) is 11.3 Å². The van der Waals surface area contributed by atoms with Crippen molar-refractivity contribution in [3.8, 4) is 0 Å². The van der Waals surface area contributed by atoms with Crippen molar-refractivity contribution in [2.24, 2.45) is 0 Å². The van der Waals surface area contributed by atoms with Crippen molar-refractivity contribution in [1.29, 1.82) is 0 Å². The molecule has 1 aromatic rings. The molecule has 0 saturated heterocycles. The van der Waals surface area contributed by atoms with E-state index < -0.39 is 11.5 Å². The number of alkyl halides is 3. The average Bonchev–Trinajstić information content (AvgIpc) is 2.32. The van der Waals surface area contributed by atoms with E-state index in [2.05, 4.69) is 11.6 Å². The summed E-state index contributed by atoms with van der Waals surface area (Å²) in [4.78, 5) is 0.0556. The van der Waals surface area contributed by atoms with Crippen LogP contribution >= 0.6 is 34.5 Å². The Kier molecular flexibility index (Phi) is 2.93. The predicted molar refractivity (Wildman–Crippen MR) is 45.1 cm³/mol. The van der Waals surface area contributed by atoms with Crippen molar-refractivity contribution < 1.29 is 13.9 Å². The third-order valence-corrected chi connectivity index (χ3v) is 2.66. The lowest BCUT2D eigenvalue weighted by Gasteiger charge is -2.13. The van der Waals surface area contributed by atoms with Gasteiger partial charge in [0.25, 0.3) is 0 Å². The van der Waals surface area contributed by atoms with Gasteiger partial charge in [-0.3, -0.25) is 0 Å². The topological polar surface area (TPSA) is 20.2 Å². The van der Waals surface area contributed by atoms with Gasteiger partial charge in [0.05, 0.1) is 4.34 Å². The van der Waals surface area contributed by atoms with Crippen molar-refractivity contribution in [2.45, 2.75) is 11.5 Å². The first-order chi connectivity index (χ1) is 5.41. The zero-order valence-electron chi connectivity index (χ0n) is 5.60. The standard InChI is InChI=1S/C6H4Cl2F2OS/c7-4-2-1-3(12-4)5(11)6(8,9)10/h1-2,5,11H. The normalized spacial score (nSPS) is 14.8. The summed E-state index contributed by atoms with van der Waals surface area (Å²) in [5.41, 5.74) is 0. The number of hydrogen-bond acceptors (Lipinski definition) is 2. The molecule has 6 heteroatoms. The zero-order chi connectivity index (χ0) is 9.35. The Hall–Kier alpha value is 0.1000. The summed E-state index contributed by atoms with van der Waals surface area (Å²) in [5, 5.41) is 5.30. The molecule has 0 amide bonds. The molecule has 0 aliphatic heterocycles. The first-order valence-electron chi connectivity index (χ1n) is 2.91. The van der Waals surface area contributed by atoms with Gasteiger partial charge in [0.1, 0.15) is 0 Å². The number of rotatable bonds is 2. The first-order valence-corrected chi connectivity index (χ1v) is 4.48. The molecule has 68 valence electrons. The first kappa shape index (κ1) is 10.2. The molecular weight excluding hydrogens is 229 g/mol. The molecule has 1 aromatic heterocycles. The van der Waals surface area contributed by atoms with Crippen LogP contribution in [0.4, 0.5) is 8.78 Å². The summed E-state index contributed by atoms with van der Waals surface area (Å²) in [6.07, 6.45) is -1.99. The molecule has 1 nitrogen and oxygen atoms in total. The Balaban J connectivity index is 2.85. The molecule has 0 fully saturated rings. The maximum absolute atomic E-state index is 12.3. The van der Waals surface area contributed by atoms with Crippen LogP contribution < -0.4 is 0 Å². The lowest BCUT2D eigenvalue weighted by Crippen LogP contribution is -2.17. The summed E-state index contributed by atoms with van der Waals surface area (Å²) in [6.45, 7) is 0. The Labute approximate surface area is 81.5 Å². The van der Waals surface area contributed by atoms with Crippen LogP contribution in [-0.4, -0.2) is 10.5 Å². The van der Waals surface area contributed by atoms with Gasteiger partial charge in [-0.25, -0.2) is 0 Å². The number of aliphatic hydroxyl groups excluding tert-OH is 1. The van der Waals surface area contributed by atoms with Gasteiger partial charge in [-0.05, 0) is 23.7 Å². The molecule has 0 radical (unpaired) electrons. The summed E-state index contributed by atoms with van der Waals surface area (Å²) in [7, 11) is 0.